The average Bonchev–Trinajstić information content (AvgIpc) is 3.33. The molecule has 2 unspecified atom stereocenters. The van der Waals surface area contributed by atoms with Crippen LogP contribution in [-0.4, -0.2) is 38.4 Å². The molecule has 0 aliphatic carbocycles. The summed E-state index contributed by atoms with van der Waals surface area (Å²) in [6.07, 6.45) is 4.48. The van der Waals surface area contributed by atoms with Crippen molar-refractivity contribution in [3.8, 4) is 5.75 Å². The van der Waals surface area contributed by atoms with E-state index < -0.39 is 5.97 Å². The Bertz CT molecular complexity index is 943. The third kappa shape index (κ3) is 5.64. The number of aromatic nitrogens is 3. The monoisotopic (exact) mass is 446 g/mol. The van der Waals surface area contributed by atoms with Crippen molar-refractivity contribution >= 4 is 23.3 Å². The number of rotatable bonds is 6. The number of nitrogens with zero attached hydrogens (tertiary/aromatic N) is 4. The first-order valence-electron chi connectivity index (χ1n) is 10.5. The molecule has 1 aliphatic rings. The van der Waals surface area contributed by atoms with Crippen molar-refractivity contribution in [2.24, 2.45) is 10.6 Å². The summed E-state index contributed by atoms with van der Waals surface area (Å²) in [6, 6.07) is 6.14. The lowest BCUT2D eigenvalue weighted by atomic mass is 9.83. The first-order valence-corrected chi connectivity index (χ1v) is 11.0. The molecule has 0 saturated heterocycles. The van der Waals surface area contributed by atoms with Crippen LogP contribution >= 0.6 is 11.6 Å². The van der Waals surface area contributed by atoms with E-state index >= 15 is 0 Å². The maximum absolute atomic E-state index is 11.6. The van der Waals surface area contributed by atoms with Crippen molar-refractivity contribution in [1.29, 1.82) is 0 Å². The third-order valence-electron chi connectivity index (χ3n) is 5.35. The van der Waals surface area contributed by atoms with E-state index in [1.807, 2.05) is 20.8 Å². The molecule has 1 aromatic carbocycles. The molecule has 0 radical (unpaired) electrons. The molecular weight excluding hydrogens is 416 g/mol. The molecule has 2 atom stereocenters. The molecule has 0 fully saturated rings. The van der Waals surface area contributed by atoms with E-state index in [2.05, 4.69) is 54.2 Å². The summed E-state index contributed by atoms with van der Waals surface area (Å²) in [7, 11) is 0. The molecule has 0 saturated carbocycles. The summed E-state index contributed by atoms with van der Waals surface area (Å²) >= 11 is 5.57. The van der Waals surface area contributed by atoms with Gasteiger partial charge >= 0.3 is 5.97 Å². The van der Waals surface area contributed by atoms with Gasteiger partial charge in [-0.2, -0.15) is 5.10 Å². The summed E-state index contributed by atoms with van der Waals surface area (Å²) in [6.45, 7) is 12.7. The highest BCUT2D eigenvalue weighted by Gasteiger charge is 2.35. The van der Waals surface area contributed by atoms with Crippen LogP contribution in [0.4, 0.5) is 0 Å². The van der Waals surface area contributed by atoms with Crippen LogP contribution in [0.5, 0.6) is 5.75 Å². The first kappa shape index (κ1) is 23.3. The number of benzene rings is 1. The number of hydrogen-bond donors (Lipinski definition) is 0. The quantitative estimate of drug-likeness (QED) is 0.278. The standard InChI is InChI=1S/C23H31ClN4O3/c1-22(2,3)16-7-8-19-15(9-16)10-17(30-19)11-18(28-14-25-13-26-28)21(23(4,5)6)27-31-20(29)12-24/h7-9,13-14,17-18H,10-12H2,1-6H3. The molecule has 0 amide bonds. The van der Waals surface area contributed by atoms with Crippen molar-refractivity contribution < 1.29 is 14.4 Å². The number of oxime groups is 1. The summed E-state index contributed by atoms with van der Waals surface area (Å²) in [5, 5.41) is 8.54. The van der Waals surface area contributed by atoms with Gasteiger partial charge < -0.3 is 9.57 Å². The lowest BCUT2D eigenvalue weighted by molar-refractivity contribution is -0.140. The van der Waals surface area contributed by atoms with Crippen molar-refractivity contribution in [2.45, 2.75) is 71.9 Å². The molecule has 7 nitrogen and oxygen atoms in total. The van der Waals surface area contributed by atoms with Gasteiger partial charge in [-0.15, -0.1) is 11.6 Å². The van der Waals surface area contributed by atoms with Crippen LogP contribution in [0.2, 0.25) is 0 Å². The Morgan fingerprint density at radius 3 is 2.65 bits per heavy atom. The van der Waals surface area contributed by atoms with Crippen LogP contribution in [0.1, 0.15) is 65.1 Å². The molecule has 31 heavy (non-hydrogen) atoms. The van der Waals surface area contributed by atoms with Gasteiger partial charge in [0.15, 0.2) is 0 Å². The van der Waals surface area contributed by atoms with Crippen LogP contribution < -0.4 is 4.74 Å². The highest BCUT2D eigenvalue weighted by atomic mass is 35.5. The Balaban J connectivity index is 1.87. The van der Waals surface area contributed by atoms with Crippen LogP contribution in [0.15, 0.2) is 36.0 Å². The van der Waals surface area contributed by atoms with E-state index in [0.29, 0.717) is 12.1 Å². The largest absolute Gasteiger partial charge is 0.490 e. The van der Waals surface area contributed by atoms with Crippen molar-refractivity contribution in [3.05, 3.63) is 42.0 Å². The van der Waals surface area contributed by atoms with Gasteiger partial charge in [0.1, 0.15) is 30.4 Å². The van der Waals surface area contributed by atoms with Gasteiger partial charge in [0, 0.05) is 18.3 Å². The van der Waals surface area contributed by atoms with E-state index in [1.54, 1.807) is 11.0 Å². The highest BCUT2D eigenvalue weighted by molar-refractivity contribution is 6.26. The van der Waals surface area contributed by atoms with Crippen LogP contribution in [-0.2, 0) is 21.5 Å². The second-order valence-corrected chi connectivity index (χ2v) is 10.2. The summed E-state index contributed by atoms with van der Waals surface area (Å²) in [5.74, 6) is 0.0599. The predicted octanol–water partition coefficient (Wildman–Crippen LogP) is 4.69. The molecule has 2 heterocycles. The number of fused-ring (bicyclic) bond motifs is 1. The van der Waals surface area contributed by atoms with Gasteiger partial charge in [-0.05, 0) is 22.6 Å². The van der Waals surface area contributed by atoms with E-state index in [9.17, 15) is 4.79 Å². The number of carbonyl (C=O) groups excluding carboxylic acids is 1. The fraction of sp³-hybridized carbons (Fsp3) is 0.565. The maximum Gasteiger partial charge on any atom is 0.349 e. The van der Waals surface area contributed by atoms with Crippen LogP contribution in [0, 0.1) is 5.41 Å². The molecule has 1 aliphatic heterocycles. The molecule has 168 valence electrons. The van der Waals surface area contributed by atoms with Gasteiger partial charge in [-0.1, -0.05) is 58.8 Å². The van der Waals surface area contributed by atoms with Gasteiger partial charge in [0.05, 0.1) is 11.8 Å². The molecule has 3 rings (SSSR count). The average molecular weight is 447 g/mol. The van der Waals surface area contributed by atoms with Gasteiger partial charge in [0.25, 0.3) is 0 Å². The summed E-state index contributed by atoms with van der Waals surface area (Å²) in [4.78, 5) is 20.8. The lowest BCUT2D eigenvalue weighted by Gasteiger charge is -2.29. The zero-order valence-electron chi connectivity index (χ0n) is 19.1. The zero-order chi connectivity index (χ0) is 22.8. The number of halogens is 1. The Kier molecular flexibility index (Phi) is 6.74. The SMILES string of the molecule is CC(C)(C)C(=NOC(=O)CCl)C(CC1Cc2cc(C(C)(C)C)ccc2O1)n1cncn1. The molecule has 8 heteroatoms. The van der Waals surface area contributed by atoms with Crippen molar-refractivity contribution in [3.63, 3.8) is 0 Å². The van der Waals surface area contributed by atoms with E-state index in [-0.39, 0.29) is 28.9 Å². The Labute approximate surface area is 188 Å². The van der Waals surface area contributed by atoms with Crippen molar-refractivity contribution in [1.82, 2.24) is 14.8 Å². The fourth-order valence-corrected chi connectivity index (χ4v) is 3.76. The van der Waals surface area contributed by atoms with Crippen molar-refractivity contribution in [2.75, 3.05) is 5.88 Å². The first-order chi connectivity index (χ1) is 14.5. The van der Waals surface area contributed by atoms with Crippen LogP contribution in [0.25, 0.3) is 0 Å². The van der Waals surface area contributed by atoms with Crippen LogP contribution in [0.3, 0.4) is 0 Å². The molecule has 0 N–H and O–H groups in total. The number of ether oxygens (including phenoxy) is 1. The summed E-state index contributed by atoms with van der Waals surface area (Å²) in [5.41, 5.74) is 2.86. The minimum Gasteiger partial charge on any atom is -0.490 e. The zero-order valence-corrected chi connectivity index (χ0v) is 19.8. The number of carbonyl (C=O) groups is 1. The Morgan fingerprint density at radius 2 is 2.06 bits per heavy atom. The highest BCUT2D eigenvalue weighted by Crippen LogP contribution is 2.37. The second kappa shape index (κ2) is 8.99. The smallest absolute Gasteiger partial charge is 0.349 e. The molecule has 1 aromatic heterocycles. The van der Waals surface area contributed by atoms with E-state index in [4.69, 9.17) is 21.2 Å². The third-order valence-corrected chi connectivity index (χ3v) is 5.57. The normalized spacial score (nSPS) is 17.8. The second-order valence-electron chi connectivity index (χ2n) is 9.97. The topological polar surface area (TPSA) is 78.6 Å². The molecule has 0 spiro atoms. The molecule has 0 bridgehead atoms. The van der Waals surface area contributed by atoms with E-state index in [0.717, 1.165) is 12.2 Å². The number of hydrogen-bond acceptors (Lipinski definition) is 6. The lowest BCUT2D eigenvalue weighted by Crippen LogP contribution is -2.35. The van der Waals surface area contributed by atoms with Gasteiger partial charge in [-0.3, -0.25) is 0 Å². The predicted molar refractivity (Wildman–Crippen MR) is 121 cm³/mol. The molecular formula is C23H31ClN4O3. The minimum absolute atomic E-state index is 0.0595. The molecule has 2 aromatic rings. The Hall–Kier alpha value is -2.41. The maximum atomic E-state index is 11.6. The summed E-state index contributed by atoms with van der Waals surface area (Å²) < 4.78 is 8.01. The van der Waals surface area contributed by atoms with Gasteiger partial charge in [0.2, 0.25) is 0 Å². The van der Waals surface area contributed by atoms with E-state index in [1.165, 1.54) is 17.5 Å². The minimum atomic E-state index is -0.597. The number of alkyl halides is 1. The fourth-order valence-electron chi connectivity index (χ4n) is 3.71. The Morgan fingerprint density at radius 1 is 1.32 bits per heavy atom. The van der Waals surface area contributed by atoms with Gasteiger partial charge in [-0.25, -0.2) is 14.5 Å².